The van der Waals surface area contributed by atoms with Gasteiger partial charge in [0, 0.05) is 18.3 Å². The smallest absolute Gasteiger partial charge is 0.293 e. The molecular formula is C7H8F3N. The predicted molar refractivity (Wildman–Crippen MR) is 36.7 cm³/mol. The number of hydrogen-bond donors (Lipinski definition) is 0. The second-order valence-electron chi connectivity index (χ2n) is 2.44. The van der Waals surface area contributed by atoms with Gasteiger partial charge in [0.25, 0.3) is 0 Å². The number of allylic oxidation sites excluding steroid dienone is 1. The molecule has 0 spiro atoms. The van der Waals surface area contributed by atoms with E-state index < -0.39 is 11.7 Å². The Morgan fingerprint density at radius 2 is 2.09 bits per heavy atom. The van der Waals surface area contributed by atoms with Gasteiger partial charge in [-0.25, -0.2) is 0 Å². The lowest BCUT2D eigenvalue weighted by Gasteiger charge is -2.15. The van der Waals surface area contributed by atoms with E-state index in [0.717, 1.165) is 0 Å². The Balaban J connectivity index is 2.93. The Hall–Kier alpha value is -0.800. The van der Waals surface area contributed by atoms with E-state index in [1.54, 1.807) is 0 Å². The Labute approximate surface area is 62.6 Å². The highest BCUT2D eigenvalue weighted by Gasteiger charge is 2.34. The van der Waals surface area contributed by atoms with Crippen LogP contribution in [0.1, 0.15) is 13.3 Å². The number of alkyl halides is 3. The van der Waals surface area contributed by atoms with Crippen LogP contribution in [0.2, 0.25) is 0 Å². The summed E-state index contributed by atoms with van der Waals surface area (Å²) in [7, 11) is 0. The van der Waals surface area contributed by atoms with E-state index in [1.165, 1.54) is 13.1 Å². The fraction of sp³-hybridized carbons (Fsp3) is 0.571. The van der Waals surface area contributed by atoms with Crippen LogP contribution in [0.25, 0.3) is 0 Å². The van der Waals surface area contributed by atoms with Gasteiger partial charge in [-0.1, -0.05) is 0 Å². The number of dihydropyridines is 1. The molecule has 0 fully saturated rings. The van der Waals surface area contributed by atoms with Crippen LogP contribution in [0.5, 0.6) is 0 Å². The van der Waals surface area contributed by atoms with Gasteiger partial charge in [0.05, 0.1) is 0 Å². The van der Waals surface area contributed by atoms with Gasteiger partial charge in [-0.15, -0.1) is 0 Å². The summed E-state index contributed by atoms with van der Waals surface area (Å²) < 4.78 is 36.2. The molecular weight excluding hydrogens is 155 g/mol. The van der Waals surface area contributed by atoms with Crippen molar-refractivity contribution in [2.24, 2.45) is 4.99 Å². The minimum Gasteiger partial charge on any atom is -0.293 e. The quantitative estimate of drug-likeness (QED) is 0.519. The van der Waals surface area contributed by atoms with Gasteiger partial charge >= 0.3 is 6.18 Å². The highest BCUT2D eigenvalue weighted by atomic mass is 19.4. The van der Waals surface area contributed by atoms with Gasteiger partial charge in [-0.2, -0.15) is 13.2 Å². The molecule has 0 aromatic rings. The molecule has 1 aliphatic heterocycles. The van der Waals surface area contributed by atoms with Crippen molar-refractivity contribution in [3.8, 4) is 0 Å². The summed E-state index contributed by atoms with van der Waals surface area (Å²) >= 11 is 0. The maximum atomic E-state index is 12.1. The summed E-state index contributed by atoms with van der Waals surface area (Å²) in [6.45, 7) is 1.69. The first-order valence-corrected chi connectivity index (χ1v) is 3.28. The van der Waals surface area contributed by atoms with Crippen molar-refractivity contribution in [3.05, 3.63) is 11.1 Å². The zero-order valence-corrected chi connectivity index (χ0v) is 6.07. The van der Waals surface area contributed by atoms with Gasteiger partial charge < -0.3 is 0 Å². The van der Waals surface area contributed by atoms with Crippen molar-refractivity contribution in [3.63, 3.8) is 0 Å². The molecule has 0 aromatic carbocycles. The van der Waals surface area contributed by atoms with Crippen molar-refractivity contribution >= 4 is 6.21 Å². The minimum atomic E-state index is -4.17. The summed E-state index contributed by atoms with van der Waals surface area (Å²) in [5.74, 6) is 0. The first kappa shape index (κ1) is 8.30. The Bertz CT molecular complexity index is 212. The van der Waals surface area contributed by atoms with Crippen LogP contribution >= 0.6 is 0 Å². The van der Waals surface area contributed by atoms with Crippen LogP contribution < -0.4 is 0 Å². The fourth-order valence-electron chi connectivity index (χ4n) is 1.02. The summed E-state index contributed by atoms with van der Waals surface area (Å²) in [4.78, 5) is 3.74. The van der Waals surface area contributed by atoms with Crippen LogP contribution in [-0.4, -0.2) is 18.9 Å². The van der Waals surface area contributed by atoms with Crippen LogP contribution in [0.3, 0.4) is 0 Å². The monoisotopic (exact) mass is 163 g/mol. The lowest BCUT2D eigenvalue weighted by Crippen LogP contribution is -2.17. The molecule has 0 saturated heterocycles. The number of aliphatic imine (C=N–C) groups is 1. The molecule has 1 aliphatic rings. The molecule has 0 saturated carbocycles. The first-order chi connectivity index (χ1) is 5.02. The molecule has 0 amide bonds. The predicted octanol–water partition coefficient (Wildman–Crippen LogP) is 2.34. The lowest BCUT2D eigenvalue weighted by atomic mass is 10.0. The number of halogens is 3. The summed E-state index contributed by atoms with van der Waals surface area (Å²) in [6, 6.07) is 0. The third kappa shape index (κ3) is 1.82. The van der Waals surface area contributed by atoms with Gasteiger partial charge in [0.2, 0.25) is 0 Å². The molecule has 62 valence electrons. The maximum Gasteiger partial charge on any atom is 0.413 e. The summed E-state index contributed by atoms with van der Waals surface area (Å²) in [5, 5.41) is 0. The zero-order valence-electron chi connectivity index (χ0n) is 6.07. The lowest BCUT2D eigenvalue weighted by molar-refractivity contribution is -0.0943. The van der Waals surface area contributed by atoms with Crippen molar-refractivity contribution in [2.75, 3.05) is 6.54 Å². The fourth-order valence-corrected chi connectivity index (χ4v) is 1.02. The topological polar surface area (TPSA) is 12.4 Å². The van der Waals surface area contributed by atoms with Gasteiger partial charge in [-0.05, 0) is 18.9 Å². The molecule has 0 N–H and O–H groups in total. The van der Waals surface area contributed by atoms with Crippen LogP contribution in [0.4, 0.5) is 13.2 Å². The molecule has 0 bridgehead atoms. The first-order valence-electron chi connectivity index (χ1n) is 3.28. The normalized spacial score (nSPS) is 19.3. The molecule has 0 atom stereocenters. The van der Waals surface area contributed by atoms with E-state index in [-0.39, 0.29) is 18.5 Å². The van der Waals surface area contributed by atoms with Crippen molar-refractivity contribution in [1.82, 2.24) is 0 Å². The van der Waals surface area contributed by atoms with Crippen LogP contribution in [0, 0.1) is 0 Å². The van der Waals surface area contributed by atoms with E-state index in [4.69, 9.17) is 0 Å². The van der Waals surface area contributed by atoms with Crippen LogP contribution in [-0.2, 0) is 0 Å². The Morgan fingerprint density at radius 1 is 1.45 bits per heavy atom. The van der Waals surface area contributed by atoms with Gasteiger partial charge in [0.15, 0.2) is 0 Å². The van der Waals surface area contributed by atoms with Crippen molar-refractivity contribution < 1.29 is 13.2 Å². The van der Waals surface area contributed by atoms with E-state index in [9.17, 15) is 13.2 Å². The van der Waals surface area contributed by atoms with E-state index in [0.29, 0.717) is 0 Å². The maximum absolute atomic E-state index is 12.1. The molecule has 1 rings (SSSR count). The van der Waals surface area contributed by atoms with E-state index in [2.05, 4.69) is 4.99 Å². The molecule has 1 heterocycles. The standard InChI is InChI=1S/C7H8F3N/c1-5-4-11-3-2-6(5)7(8,9)10/h4H,2-3H2,1H3. The average molecular weight is 163 g/mol. The van der Waals surface area contributed by atoms with E-state index >= 15 is 0 Å². The highest BCUT2D eigenvalue weighted by molar-refractivity contribution is 5.80. The van der Waals surface area contributed by atoms with Crippen molar-refractivity contribution in [2.45, 2.75) is 19.5 Å². The Kier molecular flexibility index (Phi) is 2.02. The molecule has 0 aromatic heterocycles. The molecule has 0 unspecified atom stereocenters. The molecule has 0 aliphatic carbocycles. The largest absolute Gasteiger partial charge is 0.413 e. The van der Waals surface area contributed by atoms with Crippen LogP contribution in [0.15, 0.2) is 16.1 Å². The van der Waals surface area contributed by atoms with Gasteiger partial charge in [0.1, 0.15) is 0 Å². The molecule has 4 heteroatoms. The summed E-state index contributed by atoms with van der Waals surface area (Å²) in [5.41, 5.74) is -0.198. The third-order valence-corrected chi connectivity index (χ3v) is 1.59. The number of rotatable bonds is 0. The Morgan fingerprint density at radius 3 is 2.45 bits per heavy atom. The minimum absolute atomic E-state index is 0.0197. The molecule has 0 radical (unpaired) electrons. The third-order valence-electron chi connectivity index (χ3n) is 1.59. The number of hydrogen-bond acceptors (Lipinski definition) is 1. The second-order valence-corrected chi connectivity index (χ2v) is 2.44. The average Bonchev–Trinajstić information content (AvgIpc) is 1.86. The highest BCUT2D eigenvalue weighted by Crippen LogP contribution is 2.31. The van der Waals surface area contributed by atoms with Crippen molar-refractivity contribution in [1.29, 1.82) is 0 Å². The SMILES string of the molecule is CC1=C(C(F)(F)F)CCN=C1. The second kappa shape index (κ2) is 2.68. The summed E-state index contributed by atoms with van der Waals surface area (Å²) in [6.07, 6.45) is -2.87. The number of nitrogens with zero attached hydrogens (tertiary/aromatic N) is 1. The van der Waals surface area contributed by atoms with E-state index in [1.807, 2.05) is 0 Å². The van der Waals surface area contributed by atoms with Gasteiger partial charge in [-0.3, -0.25) is 4.99 Å². The molecule has 11 heavy (non-hydrogen) atoms. The molecule has 1 nitrogen and oxygen atoms in total. The zero-order chi connectivity index (χ0) is 8.48.